The number of anilines is 1. The van der Waals surface area contributed by atoms with Crippen molar-refractivity contribution in [2.75, 3.05) is 11.9 Å². The van der Waals surface area contributed by atoms with E-state index in [1.54, 1.807) is 0 Å². The first-order chi connectivity index (χ1) is 15.3. The number of hydrogen-bond acceptors (Lipinski definition) is 3. The van der Waals surface area contributed by atoms with E-state index in [-0.39, 0.29) is 5.91 Å². The van der Waals surface area contributed by atoms with Gasteiger partial charge in [0.05, 0.1) is 17.6 Å². The molecule has 5 rings (SSSR count). The zero-order valence-electron chi connectivity index (χ0n) is 17.4. The number of carbonyl (C=O) groups excluding carboxylic acids is 1. The minimum atomic E-state index is 0.0829. The Morgan fingerprint density at radius 2 is 1.81 bits per heavy atom. The molecule has 3 aromatic carbocycles. The summed E-state index contributed by atoms with van der Waals surface area (Å²) in [5.74, 6) is 2.02. The molecule has 1 aliphatic heterocycles. The lowest BCUT2D eigenvalue weighted by Gasteiger charge is -2.17. The molecule has 0 saturated heterocycles. The Morgan fingerprint density at radius 3 is 2.71 bits per heavy atom. The van der Waals surface area contributed by atoms with Crippen LogP contribution in [-0.4, -0.2) is 22.1 Å². The number of aromatic nitrogens is 2. The molecule has 4 aromatic rings. The average Bonchev–Trinajstić information content (AvgIpc) is 3.15. The van der Waals surface area contributed by atoms with Crippen molar-refractivity contribution in [2.45, 2.75) is 32.2 Å². The van der Waals surface area contributed by atoms with E-state index in [9.17, 15) is 4.79 Å². The molecule has 5 heteroatoms. The second kappa shape index (κ2) is 8.64. The van der Waals surface area contributed by atoms with E-state index in [2.05, 4.69) is 52.3 Å². The predicted octanol–water partition coefficient (Wildman–Crippen LogP) is 4.98. The number of aryl methyl sites for hydroxylation is 2. The van der Waals surface area contributed by atoms with Crippen LogP contribution in [0.3, 0.4) is 0 Å². The molecule has 2 heterocycles. The summed E-state index contributed by atoms with van der Waals surface area (Å²) in [6.07, 6.45) is 3.03. The molecule has 31 heavy (non-hydrogen) atoms. The van der Waals surface area contributed by atoms with Crippen molar-refractivity contribution in [1.82, 2.24) is 9.55 Å². The van der Waals surface area contributed by atoms with Crippen LogP contribution in [0.25, 0.3) is 11.0 Å². The van der Waals surface area contributed by atoms with Gasteiger partial charge < -0.3 is 14.6 Å². The molecule has 0 saturated carbocycles. The Kier molecular flexibility index (Phi) is 5.40. The van der Waals surface area contributed by atoms with Crippen molar-refractivity contribution < 1.29 is 9.53 Å². The molecule has 1 amide bonds. The number of para-hydroxylation sites is 2. The number of fused-ring (bicyclic) bond motifs is 2. The summed E-state index contributed by atoms with van der Waals surface area (Å²) in [6.45, 7) is 1.44. The number of amides is 1. The maximum atomic E-state index is 11.5. The minimum absolute atomic E-state index is 0.0829. The van der Waals surface area contributed by atoms with Gasteiger partial charge in [-0.1, -0.05) is 42.5 Å². The number of rotatable bonds is 7. The molecule has 1 aromatic heterocycles. The monoisotopic (exact) mass is 411 g/mol. The Labute approximate surface area is 181 Å². The molecular weight excluding hydrogens is 386 g/mol. The fourth-order valence-corrected chi connectivity index (χ4v) is 4.13. The third-order valence-corrected chi connectivity index (χ3v) is 5.70. The summed E-state index contributed by atoms with van der Waals surface area (Å²) in [4.78, 5) is 16.4. The molecule has 156 valence electrons. The maximum Gasteiger partial charge on any atom is 0.224 e. The maximum absolute atomic E-state index is 11.5. The lowest BCUT2D eigenvalue weighted by molar-refractivity contribution is -0.116. The summed E-state index contributed by atoms with van der Waals surface area (Å²) < 4.78 is 8.31. The van der Waals surface area contributed by atoms with Gasteiger partial charge in [-0.25, -0.2) is 4.98 Å². The molecule has 0 atom stereocenters. The summed E-state index contributed by atoms with van der Waals surface area (Å²) >= 11 is 0. The van der Waals surface area contributed by atoms with Gasteiger partial charge in [0.15, 0.2) is 0 Å². The van der Waals surface area contributed by atoms with Crippen molar-refractivity contribution >= 4 is 22.6 Å². The molecule has 0 radical (unpaired) electrons. The quantitative estimate of drug-likeness (QED) is 0.436. The number of imidazole rings is 1. The predicted molar refractivity (Wildman–Crippen MR) is 122 cm³/mol. The Morgan fingerprint density at radius 1 is 0.968 bits per heavy atom. The van der Waals surface area contributed by atoms with E-state index < -0.39 is 0 Å². The summed E-state index contributed by atoms with van der Waals surface area (Å²) in [6, 6.07) is 24.7. The van der Waals surface area contributed by atoms with Gasteiger partial charge in [0.25, 0.3) is 0 Å². The third-order valence-electron chi connectivity index (χ3n) is 5.70. The lowest BCUT2D eigenvalue weighted by atomic mass is 10.0. The Hall–Kier alpha value is -3.60. The molecule has 0 spiro atoms. The highest BCUT2D eigenvalue weighted by Gasteiger charge is 2.15. The molecule has 1 N–H and O–H groups in total. The van der Waals surface area contributed by atoms with Crippen molar-refractivity contribution in [2.24, 2.45) is 0 Å². The largest absolute Gasteiger partial charge is 0.494 e. The highest BCUT2D eigenvalue weighted by atomic mass is 16.5. The van der Waals surface area contributed by atoms with Crippen molar-refractivity contribution in [3.8, 4) is 5.75 Å². The number of nitrogens with one attached hydrogen (secondary N) is 1. The number of hydrogen-bond donors (Lipinski definition) is 1. The molecule has 1 aliphatic rings. The van der Waals surface area contributed by atoms with E-state index in [1.165, 1.54) is 11.1 Å². The number of nitrogens with zero attached hydrogens (tertiary/aromatic N) is 2. The summed E-state index contributed by atoms with van der Waals surface area (Å²) in [5.41, 5.74) is 5.51. The third kappa shape index (κ3) is 4.31. The average molecular weight is 412 g/mol. The van der Waals surface area contributed by atoms with Crippen LogP contribution in [0, 0.1) is 0 Å². The van der Waals surface area contributed by atoms with Gasteiger partial charge in [0.2, 0.25) is 5.91 Å². The molecule has 0 aliphatic carbocycles. The normalized spacial score (nSPS) is 13.1. The lowest BCUT2D eigenvalue weighted by Crippen LogP contribution is -2.18. The van der Waals surface area contributed by atoms with E-state index in [0.29, 0.717) is 13.0 Å². The van der Waals surface area contributed by atoms with Gasteiger partial charge in [-0.2, -0.15) is 0 Å². The molecule has 0 unspecified atom stereocenters. The second-order valence-corrected chi connectivity index (χ2v) is 7.91. The van der Waals surface area contributed by atoms with Crippen LogP contribution in [0.4, 0.5) is 5.69 Å². The Balaban J connectivity index is 1.26. The van der Waals surface area contributed by atoms with Gasteiger partial charge >= 0.3 is 0 Å². The number of benzene rings is 3. The first kappa shape index (κ1) is 19.4. The topological polar surface area (TPSA) is 56.1 Å². The van der Waals surface area contributed by atoms with Crippen LogP contribution in [0.5, 0.6) is 5.75 Å². The van der Waals surface area contributed by atoms with Crippen LogP contribution in [0.15, 0.2) is 72.8 Å². The van der Waals surface area contributed by atoms with Crippen LogP contribution in [-0.2, 0) is 24.2 Å². The van der Waals surface area contributed by atoms with Crippen LogP contribution >= 0.6 is 0 Å². The van der Waals surface area contributed by atoms with E-state index in [0.717, 1.165) is 54.1 Å². The minimum Gasteiger partial charge on any atom is -0.494 e. The van der Waals surface area contributed by atoms with E-state index in [1.807, 2.05) is 30.3 Å². The second-order valence-electron chi connectivity index (χ2n) is 7.91. The number of carbonyl (C=O) groups is 1. The SMILES string of the molecule is O=C1CCc2cc(OCCCc3nc4ccccc4n3Cc3ccccc3)ccc2N1. The molecular formula is C26H25N3O2. The molecule has 5 nitrogen and oxygen atoms in total. The Bertz CT molecular complexity index is 1210. The zero-order chi connectivity index (χ0) is 21.0. The van der Waals surface area contributed by atoms with Crippen LogP contribution in [0.1, 0.15) is 29.8 Å². The van der Waals surface area contributed by atoms with Crippen molar-refractivity contribution in [3.63, 3.8) is 0 Å². The molecule has 0 bridgehead atoms. The highest BCUT2D eigenvalue weighted by Crippen LogP contribution is 2.27. The first-order valence-corrected chi connectivity index (χ1v) is 10.8. The van der Waals surface area contributed by atoms with E-state index in [4.69, 9.17) is 9.72 Å². The van der Waals surface area contributed by atoms with Gasteiger partial charge in [-0.15, -0.1) is 0 Å². The highest BCUT2D eigenvalue weighted by molar-refractivity contribution is 5.94. The zero-order valence-corrected chi connectivity index (χ0v) is 17.4. The number of ether oxygens (including phenoxy) is 1. The fraction of sp³-hybridized carbons (Fsp3) is 0.231. The van der Waals surface area contributed by atoms with Crippen molar-refractivity contribution in [1.29, 1.82) is 0 Å². The smallest absolute Gasteiger partial charge is 0.224 e. The summed E-state index contributed by atoms with van der Waals surface area (Å²) in [5, 5.41) is 2.91. The van der Waals surface area contributed by atoms with Crippen LogP contribution < -0.4 is 10.1 Å². The van der Waals surface area contributed by atoms with Gasteiger partial charge in [-0.3, -0.25) is 4.79 Å². The molecule has 0 fully saturated rings. The van der Waals surface area contributed by atoms with Crippen molar-refractivity contribution in [3.05, 3.63) is 89.7 Å². The van der Waals surface area contributed by atoms with E-state index >= 15 is 0 Å². The first-order valence-electron chi connectivity index (χ1n) is 10.8. The van der Waals surface area contributed by atoms with Gasteiger partial charge in [0.1, 0.15) is 11.6 Å². The van der Waals surface area contributed by atoms with Crippen LogP contribution in [0.2, 0.25) is 0 Å². The standard InChI is InChI=1S/C26H25N3O2/c30-26-15-12-20-17-21(13-14-22(20)28-26)31-16-6-11-25-27-23-9-4-5-10-24(23)29(25)18-19-7-2-1-3-8-19/h1-5,7-10,13-14,17H,6,11-12,15-16,18H2,(H,28,30). The van der Waals surface area contributed by atoms with Gasteiger partial charge in [-0.05, 0) is 54.3 Å². The fourth-order valence-electron chi connectivity index (χ4n) is 4.13. The van der Waals surface area contributed by atoms with Gasteiger partial charge in [0, 0.05) is 25.1 Å². The summed E-state index contributed by atoms with van der Waals surface area (Å²) in [7, 11) is 0.